The van der Waals surface area contributed by atoms with Crippen molar-refractivity contribution in [1.82, 2.24) is 10.6 Å². The Morgan fingerprint density at radius 1 is 1.44 bits per heavy atom. The van der Waals surface area contributed by atoms with Gasteiger partial charge in [0.05, 0.1) is 6.54 Å². The van der Waals surface area contributed by atoms with E-state index in [1.54, 1.807) is 18.4 Å². The second-order valence-electron chi connectivity index (χ2n) is 3.93. The highest BCUT2D eigenvalue weighted by molar-refractivity contribution is 7.10. The van der Waals surface area contributed by atoms with E-state index in [4.69, 9.17) is 4.74 Å². The lowest BCUT2D eigenvalue weighted by molar-refractivity contribution is 0.145. The third kappa shape index (κ3) is 5.51. The van der Waals surface area contributed by atoms with Gasteiger partial charge in [-0.15, -0.1) is 11.3 Å². The number of aryl methyl sites for hydroxylation is 1. The van der Waals surface area contributed by atoms with Crippen molar-refractivity contribution in [2.75, 3.05) is 26.8 Å². The molecule has 1 aromatic heterocycles. The van der Waals surface area contributed by atoms with Gasteiger partial charge in [0.25, 0.3) is 0 Å². The molecule has 4 nitrogen and oxygen atoms in total. The number of hydrogen-bond donors (Lipinski definition) is 2. The first-order valence-electron chi connectivity index (χ1n) is 6.33. The largest absolute Gasteiger partial charge is 0.382 e. The van der Waals surface area contributed by atoms with Crippen LogP contribution in [0.25, 0.3) is 0 Å². The Morgan fingerprint density at radius 2 is 2.28 bits per heavy atom. The van der Waals surface area contributed by atoms with Crippen LogP contribution in [0.1, 0.15) is 23.8 Å². The quantitative estimate of drug-likeness (QED) is 0.453. The molecular formula is C13H23N3OS. The van der Waals surface area contributed by atoms with Crippen molar-refractivity contribution in [3.8, 4) is 0 Å². The maximum Gasteiger partial charge on any atom is 0.191 e. The van der Waals surface area contributed by atoms with Crippen molar-refractivity contribution in [2.24, 2.45) is 4.99 Å². The topological polar surface area (TPSA) is 45.6 Å². The molecule has 0 unspecified atom stereocenters. The first-order valence-corrected chi connectivity index (χ1v) is 7.21. The number of rotatable bonds is 7. The van der Waals surface area contributed by atoms with E-state index in [0.717, 1.165) is 38.7 Å². The Bertz CT molecular complexity index is 363. The van der Waals surface area contributed by atoms with Crippen LogP contribution in [0.4, 0.5) is 0 Å². The molecule has 0 aliphatic heterocycles. The van der Waals surface area contributed by atoms with Crippen LogP contribution in [-0.4, -0.2) is 32.8 Å². The summed E-state index contributed by atoms with van der Waals surface area (Å²) in [5.41, 5.74) is 1.33. The number of hydrogen-bond acceptors (Lipinski definition) is 3. The molecule has 1 aromatic rings. The van der Waals surface area contributed by atoms with Crippen molar-refractivity contribution in [3.63, 3.8) is 0 Å². The Kier molecular flexibility index (Phi) is 7.44. The fourth-order valence-corrected chi connectivity index (χ4v) is 2.34. The normalized spacial score (nSPS) is 11.6. The average molecular weight is 269 g/mol. The highest BCUT2D eigenvalue weighted by Gasteiger charge is 2.01. The smallest absolute Gasteiger partial charge is 0.191 e. The van der Waals surface area contributed by atoms with Crippen molar-refractivity contribution in [2.45, 2.75) is 26.8 Å². The molecule has 2 N–H and O–H groups in total. The number of thiophene rings is 1. The minimum atomic E-state index is 0.782. The second kappa shape index (κ2) is 8.94. The third-order valence-electron chi connectivity index (χ3n) is 2.57. The van der Waals surface area contributed by atoms with Gasteiger partial charge in [0.1, 0.15) is 0 Å². The van der Waals surface area contributed by atoms with Gasteiger partial charge in [0.15, 0.2) is 5.96 Å². The van der Waals surface area contributed by atoms with Crippen LogP contribution in [-0.2, 0) is 11.3 Å². The summed E-state index contributed by atoms with van der Waals surface area (Å²) in [7, 11) is 1.79. The third-order valence-corrected chi connectivity index (χ3v) is 3.59. The Labute approximate surface area is 113 Å². The molecule has 0 aliphatic rings. The SMILES string of the molecule is CCOCCCNC(=NC)NCc1sccc1C. The monoisotopic (exact) mass is 269 g/mol. The zero-order valence-corrected chi connectivity index (χ0v) is 12.3. The number of nitrogens with zero attached hydrogens (tertiary/aromatic N) is 1. The summed E-state index contributed by atoms with van der Waals surface area (Å²) in [5.74, 6) is 0.847. The number of aliphatic imine (C=N–C) groups is 1. The maximum atomic E-state index is 5.28. The maximum absolute atomic E-state index is 5.28. The van der Waals surface area contributed by atoms with Gasteiger partial charge in [-0.1, -0.05) is 0 Å². The Balaban J connectivity index is 2.20. The molecule has 0 aliphatic carbocycles. The van der Waals surface area contributed by atoms with E-state index in [1.165, 1.54) is 10.4 Å². The van der Waals surface area contributed by atoms with Gasteiger partial charge in [-0.25, -0.2) is 0 Å². The van der Waals surface area contributed by atoms with Crippen LogP contribution < -0.4 is 10.6 Å². The molecule has 0 radical (unpaired) electrons. The van der Waals surface area contributed by atoms with Crippen LogP contribution in [0.2, 0.25) is 0 Å². The van der Waals surface area contributed by atoms with Gasteiger partial charge in [-0.2, -0.15) is 0 Å². The van der Waals surface area contributed by atoms with Gasteiger partial charge in [-0.05, 0) is 37.3 Å². The predicted molar refractivity (Wildman–Crippen MR) is 78.4 cm³/mol. The zero-order chi connectivity index (χ0) is 13.2. The summed E-state index contributed by atoms with van der Waals surface area (Å²) in [6, 6.07) is 2.14. The van der Waals surface area contributed by atoms with Gasteiger partial charge in [-0.3, -0.25) is 4.99 Å². The lowest BCUT2D eigenvalue weighted by Crippen LogP contribution is -2.37. The average Bonchev–Trinajstić information content (AvgIpc) is 2.78. The molecule has 1 heterocycles. The summed E-state index contributed by atoms with van der Waals surface area (Å²) in [5, 5.41) is 8.70. The Hall–Kier alpha value is -1.07. The first-order chi connectivity index (χ1) is 8.77. The molecule has 18 heavy (non-hydrogen) atoms. The molecule has 0 atom stereocenters. The number of ether oxygens (including phenoxy) is 1. The van der Waals surface area contributed by atoms with Crippen molar-refractivity contribution < 1.29 is 4.74 Å². The number of nitrogens with one attached hydrogen (secondary N) is 2. The summed E-state index contributed by atoms with van der Waals surface area (Å²) in [6.45, 7) is 7.43. The molecular weight excluding hydrogens is 246 g/mol. The zero-order valence-electron chi connectivity index (χ0n) is 11.5. The minimum absolute atomic E-state index is 0.782. The molecule has 0 saturated heterocycles. The summed E-state index contributed by atoms with van der Waals surface area (Å²) in [4.78, 5) is 5.55. The standard InChI is InChI=1S/C13H23N3OS/c1-4-17-8-5-7-15-13(14-3)16-10-12-11(2)6-9-18-12/h6,9H,4-5,7-8,10H2,1-3H3,(H2,14,15,16). The summed E-state index contributed by atoms with van der Waals surface area (Å²) in [6.07, 6.45) is 0.993. The second-order valence-corrected chi connectivity index (χ2v) is 4.93. The van der Waals surface area contributed by atoms with Gasteiger partial charge in [0.2, 0.25) is 0 Å². The van der Waals surface area contributed by atoms with Crippen molar-refractivity contribution >= 4 is 17.3 Å². The van der Waals surface area contributed by atoms with Gasteiger partial charge >= 0.3 is 0 Å². The molecule has 5 heteroatoms. The fraction of sp³-hybridized carbons (Fsp3) is 0.615. The molecule has 1 rings (SSSR count). The Morgan fingerprint density at radius 3 is 2.89 bits per heavy atom. The highest BCUT2D eigenvalue weighted by atomic mass is 32.1. The van der Waals surface area contributed by atoms with Crippen LogP contribution >= 0.6 is 11.3 Å². The number of guanidine groups is 1. The molecule has 0 fully saturated rings. The summed E-state index contributed by atoms with van der Waals surface area (Å²) < 4.78 is 5.28. The first kappa shape index (κ1) is 15.0. The lowest BCUT2D eigenvalue weighted by atomic mass is 10.3. The van der Waals surface area contributed by atoms with E-state index in [1.807, 2.05) is 6.92 Å². The van der Waals surface area contributed by atoms with E-state index in [9.17, 15) is 0 Å². The van der Waals surface area contributed by atoms with Crippen LogP contribution in [0.15, 0.2) is 16.4 Å². The molecule has 0 aromatic carbocycles. The van der Waals surface area contributed by atoms with E-state index in [-0.39, 0.29) is 0 Å². The van der Waals surface area contributed by atoms with Gasteiger partial charge in [0, 0.05) is 31.7 Å². The molecule has 0 saturated carbocycles. The lowest BCUT2D eigenvalue weighted by Gasteiger charge is -2.11. The minimum Gasteiger partial charge on any atom is -0.382 e. The van der Waals surface area contributed by atoms with E-state index in [2.05, 4.69) is 34.0 Å². The van der Waals surface area contributed by atoms with Crippen LogP contribution in [0, 0.1) is 6.92 Å². The van der Waals surface area contributed by atoms with E-state index >= 15 is 0 Å². The fourth-order valence-electron chi connectivity index (χ4n) is 1.50. The highest BCUT2D eigenvalue weighted by Crippen LogP contribution is 2.14. The van der Waals surface area contributed by atoms with Crippen molar-refractivity contribution in [3.05, 3.63) is 21.9 Å². The summed E-state index contributed by atoms with van der Waals surface area (Å²) >= 11 is 1.77. The predicted octanol–water partition coefficient (Wildman–Crippen LogP) is 2.15. The van der Waals surface area contributed by atoms with E-state index in [0.29, 0.717) is 0 Å². The van der Waals surface area contributed by atoms with Crippen LogP contribution in [0.3, 0.4) is 0 Å². The van der Waals surface area contributed by atoms with Gasteiger partial charge < -0.3 is 15.4 Å². The van der Waals surface area contributed by atoms with E-state index < -0.39 is 0 Å². The van der Waals surface area contributed by atoms with Crippen LogP contribution in [0.5, 0.6) is 0 Å². The molecule has 102 valence electrons. The van der Waals surface area contributed by atoms with Crippen molar-refractivity contribution in [1.29, 1.82) is 0 Å². The molecule has 0 bridgehead atoms. The molecule has 0 amide bonds. The molecule has 0 spiro atoms.